The van der Waals surface area contributed by atoms with E-state index in [1.54, 1.807) is 36.2 Å². The molecule has 0 spiro atoms. The predicted octanol–water partition coefficient (Wildman–Crippen LogP) is 5.61. The normalized spacial score (nSPS) is 23.2. The molecule has 0 aliphatic carbocycles. The van der Waals surface area contributed by atoms with E-state index in [0.29, 0.717) is 60.2 Å². The summed E-state index contributed by atoms with van der Waals surface area (Å²) in [5.41, 5.74) is 0.479. The second-order valence-corrected chi connectivity index (χ2v) is 12.5. The van der Waals surface area contributed by atoms with Crippen LogP contribution in [0.15, 0.2) is 49.2 Å². The molecule has 3 saturated heterocycles. The number of aryl methyl sites for hydroxylation is 1. The van der Waals surface area contributed by atoms with Gasteiger partial charge in [-0.25, -0.2) is 13.2 Å². The van der Waals surface area contributed by atoms with Crippen LogP contribution in [0.25, 0.3) is 32.9 Å². The van der Waals surface area contributed by atoms with Crippen molar-refractivity contribution in [3.8, 4) is 17.3 Å². The topological polar surface area (TPSA) is 74.7 Å². The number of halogens is 3. The molecular weight excluding hydrogens is 581 g/mol. The molecule has 8 nitrogen and oxygen atoms in total. The lowest BCUT2D eigenvalue weighted by Gasteiger charge is -2.31. The van der Waals surface area contributed by atoms with Gasteiger partial charge in [0, 0.05) is 50.9 Å². The maximum atomic E-state index is 16.7. The number of carbonyl (C=O) groups excluding carboxylic acids is 1. The number of aromatic nitrogens is 3. The minimum atomic E-state index is -0.920. The van der Waals surface area contributed by atoms with Gasteiger partial charge in [-0.05, 0) is 61.2 Å². The Morgan fingerprint density at radius 1 is 1.20 bits per heavy atom. The fraction of sp³-hybridized carbons (Fsp3) is 0.412. The first-order chi connectivity index (χ1) is 21.7. The first kappa shape index (κ1) is 29.5. The van der Waals surface area contributed by atoms with E-state index in [0.717, 1.165) is 24.8 Å². The van der Waals surface area contributed by atoms with Crippen molar-refractivity contribution in [1.82, 2.24) is 24.8 Å². The second kappa shape index (κ2) is 11.3. The number of ether oxygens (including phenoxy) is 1. The van der Waals surface area contributed by atoms with Crippen molar-refractivity contribution in [2.24, 2.45) is 0 Å². The number of hydrogen-bond acceptors (Lipinski definition) is 7. The number of amides is 1. The molecule has 0 radical (unpaired) electrons. The molecule has 0 saturated carbocycles. The van der Waals surface area contributed by atoms with Crippen LogP contribution in [-0.2, 0) is 4.79 Å². The highest BCUT2D eigenvalue weighted by Gasteiger charge is 2.49. The quantitative estimate of drug-likeness (QED) is 0.250. The molecule has 234 valence electrons. The number of hydrogen-bond donors (Lipinski definition) is 0. The molecular formula is C34H35F3N6O2. The van der Waals surface area contributed by atoms with E-state index in [1.807, 2.05) is 18.0 Å². The minimum Gasteiger partial charge on any atom is -0.461 e. The van der Waals surface area contributed by atoms with Gasteiger partial charge in [-0.2, -0.15) is 9.97 Å². The number of rotatable bonds is 7. The summed E-state index contributed by atoms with van der Waals surface area (Å²) in [6, 6.07) is 8.32. The summed E-state index contributed by atoms with van der Waals surface area (Å²) in [4.78, 5) is 31.9. The van der Waals surface area contributed by atoms with E-state index >= 15 is 4.39 Å². The number of likely N-dealkylation sites (tertiary alicyclic amines) is 1. The highest BCUT2D eigenvalue weighted by atomic mass is 19.1. The third-order valence-corrected chi connectivity index (χ3v) is 9.90. The van der Waals surface area contributed by atoms with E-state index in [-0.39, 0.29) is 41.6 Å². The molecule has 3 aliphatic heterocycles. The van der Waals surface area contributed by atoms with E-state index < -0.39 is 17.5 Å². The van der Waals surface area contributed by atoms with Crippen LogP contribution in [0.3, 0.4) is 0 Å². The van der Waals surface area contributed by atoms with Crippen molar-refractivity contribution >= 4 is 33.4 Å². The van der Waals surface area contributed by atoms with Crippen LogP contribution in [0.4, 0.5) is 19.0 Å². The van der Waals surface area contributed by atoms with Gasteiger partial charge < -0.3 is 14.5 Å². The Bertz CT molecular complexity index is 1840. The Balaban J connectivity index is 1.33. The zero-order valence-corrected chi connectivity index (χ0v) is 25.4. The fourth-order valence-electron chi connectivity index (χ4n) is 7.48. The van der Waals surface area contributed by atoms with E-state index in [1.165, 1.54) is 12.1 Å². The lowest BCUT2D eigenvalue weighted by molar-refractivity contribution is -0.125. The average Bonchev–Trinajstić information content (AvgIpc) is 3.76. The number of anilines is 1. The summed E-state index contributed by atoms with van der Waals surface area (Å²) in [6.07, 6.45) is 4.75. The van der Waals surface area contributed by atoms with Gasteiger partial charge >= 0.3 is 6.01 Å². The van der Waals surface area contributed by atoms with Gasteiger partial charge in [-0.1, -0.05) is 30.8 Å². The molecule has 3 aliphatic rings. The number of benzene rings is 2. The molecule has 2 aromatic carbocycles. The molecule has 0 N–H and O–H groups in total. The summed E-state index contributed by atoms with van der Waals surface area (Å²) in [7, 11) is 1.85. The molecule has 1 unspecified atom stereocenters. The van der Waals surface area contributed by atoms with Crippen LogP contribution >= 0.6 is 0 Å². The highest BCUT2D eigenvalue weighted by Crippen LogP contribution is 2.41. The Labute approximate surface area is 259 Å². The van der Waals surface area contributed by atoms with Crippen LogP contribution in [0.2, 0.25) is 0 Å². The summed E-state index contributed by atoms with van der Waals surface area (Å²) in [5, 5.41) is 1.72. The third-order valence-electron chi connectivity index (χ3n) is 9.90. The minimum absolute atomic E-state index is 0.0129. The average molecular weight is 617 g/mol. The molecule has 1 amide bonds. The lowest BCUT2D eigenvalue weighted by Crippen LogP contribution is -2.43. The molecule has 0 bridgehead atoms. The maximum absolute atomic E-state index is 16.7. The second-order valence-electron chi connectivity index (χ2n) is 12.5. The summed E-state index contributed by atoms with van der Waals surface area (Å²) >= 11 is 0. The van der Waals surface area contributed by atoms with Gasteiger partial charge in [-0.15, -0.1) is 0 Å². The first-order valence-corrected chi connectivity index (χ1v) is 15.4. The van der Waals surface area contributed by atoms with Crippen molar-refractivity contribution in [3.63, 3.8) is 0 Å². The standard InChI is InChI=1S/C34H35F3N6O2/c1-4-27(44)42-14-11-23(18-42)41(3)32-25-16-38-30(24-8-5-7-21-9-10-26(36)20(2)28(21)24)29(37)31(25)39-33(40-32)45-19-34-12-6-13-43(34)17-22(35)15-34/h4-5,7-10,16,22-23H,1,6,11-15,17-19H2,2-3H3/t22-,23-,34?/m1/s1. The summed E-state index contributed by atoms with van der Waals surface area (Å²) < 4.78 is 52.0. The molecule has 4 aromatic rings. The number of pyridine rings is 1. The summed E-state index contributed by atoms with van der Waals surface area (Å²) in [5.74, 6) is -0.793. The van der Waals surface area contributed by atoms with Gasteiger partial charge in [0.1, 0.15) is 35.6 Å². The van der Waals surface area contributed by atoms with Crippen molar-refractivity contribution in [2.45, 2.75) is 50.4 Å². The van der Waals surface area contributed by atoms with Gasteiger partial charge in [0.15, 0.2) is 5.82 Å². The Morgan fingerprint density at radius 2 is 2.04 bits per heavy atom. The van der Waals surface area contributed by atoms with Gasteiger partial charge in [0.25, 0.3) is 0 Å². The van der Waals surface area contributed by atoms with Crippen molar-refractivity contribution in [2.75, 3.05) is 44.7 Å². The smallest absolute Gasteiger partial charge is 0.319 e. The van der Waals surface area contributed by atoms with E-state index in [9.17, 15) is 13.6 Å². The monoisotopic (exact) mass is 616 g/mol. The van der Waals surface area contributed by atoms with Crippen LogP contribution in [0, 0.1) is 18.6 Å². The highest BCUT2D eigenvalue weighted by molar-refractivity contribution is 6.00. The van der Waals surface area contributed by atoms with Gasteiger partial charge in [0.2, 0.25) is 5.91 Å². The van der Waals surface area contributed by atoms with Crippen molar-refractivity contribution in [1.29, 1.82) is 0 Å². The third kappa shape index (κ3) is 4.97. The largest absolute Gasteiger partial charge is 0.461 e. The van der Waals surface area contributed by atoms with Crippen LogP contribution < -0.4 is 9.64 Å². The SMILES string of the molecule is C=CC(=O)N1CC[C@@H](N(C)c2nc(OCC34CCCN3C[C@H](F)C4)nc3c(F)c(-c4cccc5ccc(F)c(C)c45)ncc23)C1. The number of carbonyl (C=O) groups is 1. The van der Waals surface area contributed by atoms with Crippen LogP contribution in [-0.4, -0.2) is 88.2 Å². The fourth-order valence-corrected chi connectivity index (χ4v) is 7.48. The molecule has 45 heavy (non-hydrogen) atoms. The summed E-state index contributed by atoms with van der Waals surface area (Å²) in [6.45, 7) is 7.66. The molecule has 3 atom stereocenters. The van der Waals surface area contributed by atoms with Gasteiger partial charge in [-0.3, -0.25) is 14.7 Å². The Kier molecular flexibility index (Phi) is 7.38. The predicted molar refractivity (Wildman–Crippen MR) is 167 cm³/mol. The zero-order valence-electron chi connectivity index (χ0n) is 25.4. The molecule has 11 heteroatoms. The van der Waals surface area contributed by atoms with Crippen LogP contribution in [0.5, 0.6) is 6.01 Å². The van der Waals surface area contributed by atoms with Crippen LogP contribution in [0.1, 0.15) is 31.2 Å². The Morgan fingerprint density at radius 3 is 2.87 bits per heavy atom. The number of alkyl halides is 1. The van der Waals surface area contributed by atoms with E-state index in [4.69, 9.17) is 9.72 Å². The number of fused-ring (bicyclic) bond motifs is 3. The number of likely N-dealkylation sites (N-methyl/N-ethyl adjacent to an activating group) is 1. The molecule has 7 rings (SSSR count). The molecule has 5 heterocycles. The molecule has 3 fully saturated rings. The van der Waals surface area contributed by atoms with E-state index in [2.05, 4.69) is 21.4 Å². The van der Waals surface area contributed by atoms with Crippen molar-refractivity contribution in [3.05, 3.63) is 66.4 Å². The Hall–Kier alpha value is -4.25. The van der Waals surface area contributed by atoms with Gasteiger partial charge in [0.05, 0.1) is 10.9 Å². The lowest BCUT2D eigenvalue weighted by atomic mass is 9.95. The zero-order chi connectivity index (χ0) is 31.5. The maximum Gasteiger partial charge on any atom is 0.319 e. The first-order valence-electron chi connectivity index (χ1n) is 15.4. The molecule has 2 aromatic heterocycles. The number of nitrogens with zero attached hydrogens (tertiary/aromatic N) is 6. The van der Waals surface area contributed by atoms with Crippen molar-refractivity contribution < 1.29 is 22.7 Å².